The minimum absolute atomic E-state index is 0.277. The maximum atomic E-state index is 13.7. The van der Waals surface area contributed by atoms with E-state index in [0.717, 1.165) is 5.82 Å². The van der Waals surface area contributed by atoms with E-state index in [-0.39, 0.29) is 5.82 Å². The van der Waals surface area contributed by atoms with Crippen LogP contribution in [0.4, 0.5) is 4.39 Å². The Morgan fingerprint density at radius 2 is 2.18 bits per heavy atom. The van der Waals surface area contributed by atoms with Gasteiger partial charge in [-0.3, -0.25) is 0 Å². The number of hydrogen-bond acceptors (Lipinski definition) is 1. The third kappa shape index (κ3) is 2.50. The van der Waals surface area contributed by atoms with Gasteiger partial charge in [0.25, 0.3) is 0 Å². The Labute approximate surface area is 105 Å². The van der Waals surface area contributed by atoms with Crippen molar-refractivity contribution in [2.75, 3.05) is 0 Å². The van der Waals surface area contributed by atoms with E-state index in [1.807, 2.05) is 10.8 Å². The second kappa shape index (κ2) is 4.88. The third-order valence-electron chi connectivity index (χ3n) is 2.65. The number of nitrogens with zero attached hydrogens (tertiary/aromatic N) is 2. The summed E-state index contributed by atoms with van der Waals surface area (Å²) < 4.78 is 15.6. The van der Waals surface area contributed by atoms with Crippen molar-refractivity contribution in [2.45, 2.75) is 26.3 Å². The first kappa shape index (κ1) is 12.1. The van der Waals surface area contributed by atoms with Crippen LogP contribution in [-0.2, 0) is 6.54 Å². The second-order valence-electron chi connectivity index (χ2n) is 4.27. The highest BCUT2D eigenvalue weighted by Gasteiger charge is 2.11. The van der Waals surface area contributed by atoms with E-state index >= 15 is 0 Å². The summed E-state index contributed by atoms with van der Waals surface area (Å²) in [6, 6.07) is 4.73. The summed E-state index contributed by atoms with van der Waals surface area (Å²) in [5.41, 5.74) is 0.508. The molecule has 0 aliphatic rings. The number of aromatic nitrogens is 2. The van der Waals surface area contributed by atoms with Crippen molar-refractivity contribution >= 4 is 11.6 Å². The molecular formula is C13H14ClFN2. The smallest absolute Gasteiger partial charge is 0.129 e. The van der Waals surface area contributed by atoms with Crippen molar-refractivity contribution in [1.29, 1.82) is 0 Å². The monoisotopic (exact) mass is 252 g/mol. The molecule has 1 aromatic carbocycles. The number of rotatable bonds is 3. The highest BCUT2D eigenvalue weighted by molar-refractivity contribution is 6.31. The molecule has 0 amide bonds. The minimum Gasteiger partial charge on any atom is -0.330 e. The minimum atomic E-state index is -0.277. The van der Waals surface area contributed by atoms with Gasteiger partial charge in [0.05, 0.1) is 6.54 Å². The van der Waals surface area contributed by atoms with Gasteiger partial charge in [0.15, 0.2) is 0 Å². The van der Waals surface area contributed by atoms with Gasteiger partial charge in [0, 0.05) is 28.9 Å². The lowest BCUT2D eigenvalue weighted by molar-refractivity contribution is 0.588. The predicted molar refractivity (Wildman–Crippen MR) is 66.8 cm³/mol. The van der Waals surface area contributed by atoms with Crippen molar-refractivity contribution in [1.82, 2.24) is 9.55 Å². The molecule has 1 aromatic heterocycles. The number of hydrogen-bond donors (Lipinski definition) is 0. The van der Waals surface area contributed by atoms with Crippen molar-refractivity contribution in [3.8, 4) is 0 Å². The molecule has 17 heavy (non-hydrogen) atoms. The van der Waals surface area contributed by atoms with Crippen LogP contribution in [0.5, 0.6) is 0 Å². The van der Waals surface area contributed by atoms with Crippen molar-refractivity contribution in [3.63, 3.8) is 0 Å². The van der Waals surface area contributed by atoms with Crippen LogP contribution in [0.25, 0.3) is 0 Å². The molecule has 2 rings (SSSR count). The Kier molecular flexibility index (Phi) is 3.48. The Balaban J connectivity index is 2.35. The SMILES string of the molecule is CC(C)c1nccn1Cc1c(F)cccc1Cl. The van der Waals surface area contributed by atoms with Crippen molar-refractivity contribution in [2.24, 2.45) is 0 Å². The molecule has 0 atom stereocenters. The predicted octanol–water partition coefficient (Wildman–Crippen LogP) is 3.85. The topological polar surface area (TPSA) is 17.8 Å². The molecule has 0 aliphatic carbocycles. The molecule has 0 fully saturated rings. The number of benzene rings is 1. The molecular weight excluding hydrogens is 239 g/mol. The lowest BCUT2D eigenvalue weighted by Crippen LogP contribution is -2.07. The first-order valence-electron chi connectivity index (χ1n) is 5.53. The average Bonchev–Trinajstić information content (AvgIpc) is 2.72. The van der Waals surface area contributed by atoms with Crippen LogP contribution in [0.3, 0.4) is 0 Å². The van der Waals surface area contributed by atoms with Crippen LogP contribution in [0.1, 0.15) is 31.2 Å². The molecule has 0 unspecified atom stereocenters. The molecule has 4 heteroatoms. The first-order valence-corrected chi connectivity index (χ1v) is 5.91. The van der Waals surface area contributed by atoms with Gasteiger partial charge in [0.2, 0.25) is 0 Å². The highest BCUT2D eigenvalue weighted by Crippen LogP contribution is 2.22. The van der Waals surface area contributed by atoms with Gasteiger partial charge in [-0.05, 0) is 12.1 Å². The maximum Gasteiger partial charge on any atom is 0.129 e. The van der Waals surface area contributed by atoms with E-state index < -0.39 is 0 Å². The van der Waals surface area contributed by atoms with Crippen LogP contribution in [0, 0.1) is 5.82 Å². The van der Waals surface area contributed by atoms with Crippen LogP contribution < -0.4 is 0 Å². The van der Waals surface area contributed by atoms with Gasteiger partial charge < -0.3 is 4.57 Å². The summed E-state index contributed by atoms with van der Waals surface area (Å²) in [5.74, 6) is 0.959. The quantitative estimate of drug-likeness (QED) is 0.811. The molecule has 0 bridgehead atoms. The highest BCUT2D eigenvalue weighted by atomic mass is 35.5. The number of imidazole rings is 1. The van der Waals surface area contributed by atoms with Gasteiger partial charge in [-0.2, -0.15) is 0 Å². The molecule has 2 nitrogen and oxygen atoms in total. The average molecular weight is 253 g/mol. The van der Waals surface area contributed by atoms with E-state index in [9.17, 15) is 4.39 Å². The van der Waals surface area contributed by atoms with Gasteiger partial charge in [-0.15, -0.1) is 0 Å². The summed E-state index contributed by atoms with van der Waals surface area (Å²) in [6.45, 7) is 4.53. The van der Waals surface area contributed by atoms with E-state index in [1.165, 1.54) is 6.07 Å². The lowest BCUT2D eigenvalue weighted by Gasteiger charge is -2.12. The number of halogens is 2. The van der Waals surface area contributed by atoms with Gasteiger partial charge in [0.1, 0.15) is 11.6 Å². The zero-order valence-corrected chi connectivity index (χ0v) is 10.6. The molecule has 0 aliphatic heterocycles. The van der Waals surface area contributed by atoms with Crippen LogP contribution >= 0.6 is 11.6 Å². The molecule has 0 spiro atoms. The summed E-state index contributed by atoms with van der Waals surface area (Å²) in [6.07, 6.45) is 3.57. The fourth-order valence-corrected chi connectivity index (χ4v) is 2.03. The normalized spacial score (nSPS) is 11.1. The summed E-state index contributed by atoms with van der Waals surface area (Å²) in [4.78, 5) is 4.27. The maximum absolute atomic E-state index is 13.7. The van der Waals surface area contributed by atoms with Crippen LogP contribution in [0.15, 0.2) is 30.6 Å². The summed E-state index contributed by atoms with van der Waals surface area (Å²) in [5, 5.41) is 0.452. The summed E-state index contributed by atoms with van der Waals surface area (Å²) >= 11 is 6.00. The Morgan fingerprint density at radius 3 is 2.82 bits per heavy atom. The first-order chi connectivity index (χ1) is 8.09. The lowest BCUT2D eigenvalue weighted by atomic mass is 10.2. The Morgan fingerprint density at radius 1 is 1.41 bits per heavy atom. The standard InChI is InChI=1S/C13H14ClFN2/c1-9(2)13-16-6-7-17(13)8-10-11(14)4-3-5-12(10)15/h3-7,9H,8H2,1-2H3. The fraction of sp³-hybridized carbons (Fsp3) is 0.308. The molecule has 2 aromatic rings. The molecule has 0 N–H and O–H groups in total. The largest absolute Gasteiger partial charge is 0.330 e. The molecule has 1 heterocycles. The zero-order chi connectivity index (χ0) is 12.4. The van der Waals surface area contributed by atoms with Crippen molar-refractivity contribution < 1.29 is 4.39 Å². The van der Waals surface area contributed by atoms with Gasteiger partial charge >= 0.3 is 0 Å². The van der Waals surface area contributed by atoms with E-state index in [1.54, 1.807) is 18.3 Å². The molecule has 0 saturated carbocycles. The Bertz CT molecular complexity index is 500. The molecule has 90 valence electrons. The molecule has 0 radical (unpaired) electrons. The van der Waals surface area contributed by atoms with E-state index in [0.29, 0.717) is 23.0 Å². The molecule has 0 saturated heterocycles. The van der Waals surface area contributed by atoms with E-state index in [2.05, 4.69) is 18.8 Å². The van der Waals surface area contributed by atoms with Gasteiger partial charge in [-0.25, -0.2) is 9.37 Å². The summed E-state index contributed by atoms with van der Waals surface area (Å²) in [7, 11) is 0. The van der Waals surface area contributed by atoms with E-state index in [4.69, 9.17) is 11.6 Å². The second-order valence-corrected chi connectivity index (χ2v) is 4.68. The Hall–Kier alpha value is -1.35. The zero-order valence-electron chi connectivity index (χ0n) is 9.82. The van der Waals surface area contributed by atoms with Crippen LogP contribution in [0.2, 0.25) is 5.02 Å². The third-order valence-corrected chi connectivity index (χ3v) is 3.01. The van der Waals surface area contributed by atoms with Crippen molar-refractivity contribution in [3.05, 3.63) is 52.8 Å². The van der Waals surface area contributed by atoms with Crippen LogP contribution in [-0.4, -0.2) is 9.55 Å². The fourth-order valence-electron chi connectivity index (χ4n) is 1.81. The van der Waals surface area contributed by atoms with Gasteiger partial charge in [-0.1, -0.05) is 31.5 Å².